The van der Waals surface area contributed by atoms with Gasteiger partial charge in [-0.3, -0.25) is 15.1 Å². The van der Waals surface area contributed by atoms with Crippen LogP contribution in [-0.4, -0.2) is 37.1 Å². The molecule has 0 saturated heterocycles. The lowest BCUT2D eigenvalue weighted by Crippen LogP contribution is -2.43. The Balaban J connectivity index is 1.68. The zero-order chi connectivity index (χ0) is 15.8. The molecule has 0 saturated carbocycles. The van der Waals surface area contributed by atoms with Crippen molar-refractivity contribution in [2.75, 3.05) is 25.5 Å². The maximum atomic E-state index is 10.6. The number of guanidine groups is 1. The number of non-ortho nitro benzene ring substituents is 1. The van der Waals surface area contributed by atoms with Gasteiger partial charge < -0.3 is 16.0 Å². The van der Waals surface area contributed by atoms with Gasteiger partial charge in [-0.15, -0.1) is 0 Å². The summed E-state index contributed by atoms with van der Waals surface area (Å²) in [6.45, 7) is 1.40. The third-order valence-corrected chi connectivity index (χ3v) is 3.40. The minimum atomic E-state index is -0.404. The Morgan fingerprint density at radius 1 is 1.27 bits per heavy atom. The van der Waals surface area contributed by atoms with Gasteiger partial charge in [0.25, 0.3) is 5.69 Å². The zero-order valence-electron chi connectivity index (χ0n) is 12.6. The summed E-state index contributed by atoms with van der Waals surface area (Å²) in [6.07, 6.45) is 6.39. The van der Waals surface area contributed by atoms with Gasteiger partial charge in [-0.1, -0.05) is 12.2 Å². The number of nitrogens with one attached hydrogen (secondary N) is 3. The Labute approximate surface area is 129 Å². The molecule has 0 unspecified atom stereocenters. The van der Waals surface area contributed by atoms with E-state index in [1.54, 1.807) is 19.2 Å². The highest BCUT2D eigenvalue weighted by atomic mass is 16.6. The maximum Gasteiger partial charge on any atom is 0.269 e. The SMILES string of the molecule is CN=C(NCCNc1ccc([N+](=O)[O-])cc1)NC1CC=CC1. The van der Waals surface area contributed by atoms with Crippen LogP contribution in [0.2, 0.25) is 0 Å². The van der Waals surface area contributed by atoms with E-state index >= 15 is 0 Å². The van der Waals surface area contributed by atoms with Crippen LogP contribution >= 0.6 is 0 Å². The number of benzene rings is 1. The van der Waals surface area contributed by atoms with Crippen molar-refractivity contribution < 1.29 is 4.92 Å². The number of anilines is 1. The molecule has 1 aromatic rings. The number of hydrogen-bond donors (Lipinski definition) is 3. The molecule has 22 heavy (non-hydrogen) atoms. The van der Waals surface area contributed by atoms with Crippen molar-refractivity contribution >= 4 is 17.3 Å². The van der Waals surface area contributed by atoms with Crippen molar-refractivity contribution in [2.24, 2.45) is 4.99 Å². The highest BCUT2D eigenvalue weighted by molar-refractivity contribution is 5.80. The lowest BCUT2D eigenvalue weighted by molar-refractivity contribution is -0.384. The first-order chi connectivity index (χ1) is 10.7. The first-order valence-electron chi connectivity index (χ1n) is 7.29. The normalized spacial score (nSPS) is 14.9. The molecule has 0 aromatic heterocycles. The third kappa shape index (κ3) is 4.76. The van der Waals surface area contributed by atoms with Gasteiger partial charge in [-0.25, -0.2) is 0 Å². The van der Waals surface area contributed by atoms with Gasteiger partial charge in [-0.2, -0.15) is 0 Å². The largest absolute Gasteiger partial charge is 0.383 e. The Morgan fingerprint density at radius 2 is 1.95 bits per heavy atom. The van der Waals surface area contributed by atoms with E-state index in [4.69, 9.17) is 0 Å². The molecule has 0 bridgehead atoms. The molecule has 0 radical (unpaired) electrons. The molecule has 7 heteroatoms. The standard InChI is InChI=1S/C15H21N5O2/c1-16-15(19-13-4-2-3-5-13)18-11-10-17-12-6-8-14(9-7-12)20(21)22/h2-3,6-9,13,17H,4-5,10-11H2,1H3,(H2,16,18,19). The monoisotopic (exact) mass is 303 g/mol. The first kappa shape index (κ1) is 15.8. The lowest BCUT2D eigenvalue weighted by Gasteiger charge is -2.17. The molecule has 0 aliphatic heterocycles. The van der Waals surface area contributed by atoms with Crippen LogP contribution in [0.3, 0.4) is 0 Å². The molecule has 0 amide bonds. The minimum absolute atomic E-state index is 0.0958. The van der Waals surface area contributed by atoms with E-state index in [1.165, 1.54) is 12.1 Å². The summed E-state index contributed by atoms with van der Waals surface area (Å²) in [5.74, 6) is 0.791. The predicted molar refractivity (Wildman–Crippen MR) is 88.2 cm³/mol. The number of aliphatic imine (C=N–C) groups is 1. The number of nitro groups is 1. The van der Waals surface area contributed by atoms with Gasteiger partial charge in [0.05, 0.1) is 4.92 Å². The van der Waals surface area contributed by atoms with Gasteiger partial charge in [0, 0.05) is 44.0 Å². The van der Waals surface area contributed by atoms with Crippen LogP contribution in [0, 0.1) is 10.1 Å². The third-order valence-electron chi connectivity index (χ3n) is 3.40. The van der Waals surface area contributed by atoms with Crippen molar-refractivity contribution in [3.63, 3.8) is 0 Å². The van der Waals surface area contributed by atoms with Gasteiger partial charge >= 0.3 is 0 Å². The average Bonchev–Trinajstić information content (AvgIpc) is 3.03. The molecule has 1 aliphatic carbocycles. The number of nitro benzene ring substituents is 1. The number of rotatable bonds is 6. The Bertz CT molecular complexity index is 546. The Hall–Kier alpha value is -2.57. The molecule has 2 rings (SSSR count). The molecule has 0 spiro atoms. The van der Waals surface area contributed by atoms with E-state index in [0.717, 1.165) is 24.5 Å². The summed E-state index contributed by atoms with van der Waals surface area (Å²) in [5.41, 5.74) is 0.953. The Morgan fingerprint density at radius 3 is 2.55 bits per heavy atom. The van der Waals surface area contributed by atoms with E-state index in [2.05, 4.69) is 33.1 Å². The van der Waals surface area contributed by atoms with Crippen molar-refractivity contribution in [3.05, 3.63) is 46.5 Å². The molecule has 3 N–H and O–H groups in total. The van der Waals surface area contributed by atoms with E-state index < -0.39 is 4.92 Å². The van der Waals surface area contributed by atoms with E-state index in [0.29, 0.717) is 19.1 Å². The molecule has 0 heterocycles. The van der Waals surface area contributed by atoms with Gasteiger partial charge in [-0.05, 0) is 25.0 Å². The molecule has 7 nitrogen and oxygen atoms in total. The average molecular weight is 303 g/mol. The van der Waals surface area contributed by atoms with E-state index in [-0.39, 0.29) is 5.69 Å². The predicted octanol–water partition coefficient (Wildman–Crippen LogP) is 1.89. The summed E-state index contributed by atoms with van der Waals surface area (Å²) in [5, 5.41) is 20.4. The fourth-order valence-electron chi connectivity index (χ4n) is 2.21. The highest BCUT2D eigenvalue weighted by Crippen LogP contribution is 2.14. The van der Waals surface area contributed by atoms with Crippen molar-refractivity contribution in [2.45, 2.75) is 18.9 Å². The summed E-state index contributed by atoms with van der Waals surface area (Å²) < 4.78 is 0. The van der Waals surface area contributed by atoms with Crippen LogP contribution < -0.4 is 16.0 Å². The first-order valence-corrected chi connectivity index (χ1v) is 7.29. The molecular formula is C15H21N5O2. The van der Waals surface area contributed by atoms with Crippen LogP contribution in [0.1, 0.15) is 12.8 Å². The van der Waals surface area contributed by atoms with Gasteiger partial charge in [0.2, 0.25) is 0 Å². The topological polar surface area (TPSA) is 91.6 Å². The molecule has 1 aliphatic rings. The molecule has 0 fully saturated rings. The van der Waals surface area contributed by atoms with Crippen molar-refractivity contribution in [3.8, 4) is 0 Å². The second kappa shape index (κ2) is 8.02. The summed E-state index contributed by atoms with van der Waals surface area (Å²) in [7, 11) is 1.75. The van der Waals surface area contributed by atoms with Crippen molar-refractivity contribution in [1.29, 1.82) is 0 Å². The van der Waals surface area contributed by atoms with Crippen LogP contribution in [0.25, 0.3) is 0 Å². The molecule has 0 atom stereocenters. The number of nitrogens with zero attached hydrogens (tertiary/aromatic N) is 2. The quantitative estimate of drug-likeness (QED) is 0.186. The maximum absolute atomic E-state index is 10.6. The van der Waals surface area contributed by atoms with E-state index in [1.807, 2.05) is 0 Å². The molecule has 1 aromatic carbocycles. The minimum Gasteiger partial charge on any atom is -0.383 e. The van der Waals surface area contributed by atoms with Crippen LogP contribution in [0.15, 0.2) is 41.4 Å². The van der Waals surface area contributed by atoms with E-state index in [9.17, 15) is 10.1 Å². The summed E-state index contributed by atoms with van der Waals surface area (Å²) in [4.78, 5) is 14.4. The fraction of sp³-hybridized carbons (Fsp3) is 0.400. The molecule has 118 valence electrons. The summed E-state index contributed by atoms with van der Waals surface area (Å²) in [6, 6.07) is 6.81. The van der Waals surface area contributed by atoms with Gasteiger partial charge in [0.15, 0.2) is 5.96 Å². The smallest absolute Gasteiger partial charge is 0.269 e. The Kier molecular flexibility index (Phi) is 5.76. The van der Waals surface area contributed by atoms with Gasteiger partial charge in [0.1, 0.15) is 0 Å². The lowest BCUT2D eigenvalue weighted by atomic mass is 10.2. The summed E-state index contributed by atoms with van der Waals surface area (Å²) >= 11 is 0. The van der Waals surface area contributed by atoms with Crippen LogP contribution in [0.4, 0.5) is 11.4 Å². The second-order valence-corrected chi connectivity index (χ2v) is 5.01. The number of hydrogen-bond acceptors (Lipinski definition) is 4. The fourth-order valence-corrected chi connectivity index (χ4v) is 2.21. The molecular weight excluding hydrogens is 282 g/mol. The van der Waals surface area contributed by atoms with Crippen molar-refractivity contribution in [1.82, 2.24) is 10.6 Å². The van der Waals surface area contributed by atoms with Crippen LogP contribution in [-0.2, 0) is 0 Å². The highest BCUT2D eigenvalue weighted by Gasteiger charge is 2.11. The second-order valence-electron chi connectivity index (χ2n) is 5.01. The zero-order valence-corrected chi connectivity index (χ0v) is 12.6. The van der Waals surface area contributed by atoms with Crippen LogP contribution in [0.5, 0.6) is 0 Å².